The third-order valence-corrected chi connectivity index (χ3v) is 7.41. The molecule has 182 valence electrons. The fourth-order valence-electron chi connectivity index (χ4n) is 4.85. The molecule has 0 aliphatic rings. The Hall–Kier alpha value is -4.35. The second-order valence-electron chi connectivity index (χ2n) is 9.17. The highest BCUT2D eigenvalue weighted by Gasteiger charge is 2.21. The van der Waals surface area contributed by atoms with Crippen LogP contribution in [0.1, 0.15) is 27.8 Å². The summed E-state index contributed by atoms with van der Waals surface area (Å²) < 4.78 is 0. The Morgan fingerprint density at radius 3 is 1.32 bits per heavy atom. The lowest BCUT2D eigenvalue weighted by atomic mass is 9.83. The van der Waals surface area contributed by atoms with Gasteiger partial charge in [-0.15, -0.1) is 9.24 Å². The van der Waals surface area contributed by atoms with Crippen LogP contribution in [-0.4, -0.2) is 0 Å². The van der Waals surface area contributed by atoms with Gasteiger partial charge in [-0.2, -0.15) is 0 Å². The minimum atomic E-state index is 0.642. The summed E-state index contributed by atoms with van der Waals surface area (Å²) in [6, 6.07) is 41.8. The predicted molar refractivity (Wildman–Crippen MR) is 165 cm³/mol. The minimum Gasteiger partial charge on any atom is -0.105 e. The van der Waals surface area contributed by atoms with Gasteiger partial charge in [0.15, 0.2) is 0 Å². The molecule has 0 aliphatic heterocycles. The molecule has 0 bridgehead atoms. The van der Waals surface area contributed by atoms with Crippen LogP contribution >= 0.6 is 9.24 Å². The highest BCUT2D eigenvalue weighted by molar-refractivity contribution is 7.28. The normalized spacial score (nSPS) is 10.2. The first-order valence-corrected chi connectivity index (χ1v) is 13.4. The van der Waals surface area contributed by atoms with E-state index in [1.165, 1.54) is 44.2 Å². The average molecular weight is 505 g/mol. The maximum atomic E-state index is 3.50. The van der Waals surface area contributed by atoms with Crippen molar-refractivity contribution in [2.24, 2.45) is 0 Å². The van der Waals surface area contributed by atoms with E-state index in [1.807, 2.05) is 36.4 Å². The van der Waals surface area contributed by atoms with E-state index in [9.17, 15) is 0 Å². The highest BCUT2D eigenvalue weighted by Crippen LogP contribution is 2.37. The van der Waals surface area contributed by atoms with Crippen LogP contribution in [0.25, 0.3) is 22.3 Å². The van der Waals surface area contributed by atoms with Crippen molar-refractivity contribution in [3.05, 3.63) is 149 Å². The minimum absolute atomic E-state index is 0.642. The van der Waals surface area contributed by atoms with E-state index in [2.05, 4.69) is 125 Å². The molecule has 0 fully saturated rings. The van der Waals surface area contributed by atoms with Crippen LogP contribution in [-0.2, 0) is 12.8 Å². The molecular formula is C37H29P. The van der Waals surface area contributed by atoms with E-state index in [4.69, 9.17) is 0 Å². The van der Waals surface area contributed by atoms with E-state index in [-0.39, 0.29) is 0 Å². The second kappa shape index (κ2) is 12.3. The van der Waals surface area contributed by atoms with Crippen molar-refractivity contribution in [1.82, 2.24) is 0 Å². The van der Waals surface area contributed by atoms with Gasteiger partial charge in [0, 0.05) is 24.0 Å². The molecule has 0 aromatic heterocycles. The summed E-state index contributed by atoms with van der Waals surface area (Å²) in [4.78, 5) is 0. The van der Waals surface area contributed by atoms with Crippen molar-refractivity contribution in [1.29, 1.82) is 0 Å². The molecule has 5 rings (SSSR count). The van der Waals surface area contributed by atoms with E-state index in [0.717, 1.165) is 11.1 Å². The molecular weight excluding hydrogens is 475 g/mol. The Labute approximate surface area is 229 Å². The Bertz CT molecular complexity index is 1520. The van der Waals surface area contributed by atoms with E-state index < -0.39 is 0 Å². The van der Waals surface area contributed by atoms with Crippen LogP contribution in [0.3, 0.4) is 0 Å². The monoisotopic (exact) mass is 504 g/mol. The van der Waals surface area contributed by atoms with Crippen molar-refractivity contribution in [2.45, 2.75) is 19.8 Å². The molecule has 0 N–H and O–H groups in total. The van der Waals surface area contributed by atoms with Gasteiger partial charge in [0.1, 0.15) is 0 Å². The van der Waals surface area contributed by atoms with Crippen molar-refractivity contribution in [3.8, 4) is 45.9 Å². The van der Waals surface area contributed by atoms with Gasteiger partial charge in [-0.05, 0) is 75.4 Å². The van der Waals surface area contributed by atoms with Crippen LogP contribution < -0.4 is 5.30 Å². The first-order valence-electron chi connectivity index (χ1n) is 12.8. The smallest absolute Gasteiger partial charge is 0.0353 e. The zero-order chi connectivity index (χ0) is 26.2. The van der Waals surface area contributed by atoms with Crippen LogP contribution in [0.2, 0.25) is 0 Å². The zero-order valence-corrected chi connectivity index (χ0v) is 22.7. The van der Waals surface area contributed by atoms with Crippen LogP contribution in [0.5, 0.6) is 0 Å². The van der Waals surface area contributed by atoms with Gasteiger partial charge >= 0.3 is 0 Å². The topological polar surface area (TPSA) is 0 Å². The molecule has 1 heteroatoms. The molecule has 38 heavy (non-hydrogen) atoms. The molecule has 5 aromatic carbocycles. The zero-order valence-electron chi connectivity index (χ0n) is 21.5. The number of rotatable bonds is 4. The van der Waals surface area contributed by atoms with E-state index >= 15 is 0 Å². The largest absolute Gasteiger partial charge is 0.105 e. The third kappa shape index (κ3) is 5.79. The SMILES string of the molecule is Cc1c(P)c(-c2ccccc2)c(CC#Cc2ccccc2)c(CC#Cc2ccccc2)c1-c1ccccc1. The quantitative estimate of drug-likeness (QED) is 0.172. The first-order chi connectivity index (χ1) is 18.7. The van der Waals surface area contributed by atoms with Gasteiger partial charge in [0.2, 0.25) is 0 Å². The standard InChI is InChI=1S/C37H29P/c1-28-35(31-22-10-4-11-23-31)33(26-14-20-29-16-6-2-7-17-29)34(27-15-21-30-18-8-3-9-19-30)36(37(28)38)32-24-12-5-13-25-32/h2-13,16-19,22-25H,26-27,38H2,1H3. The molecule has 0 aliphatic carbocycles. The summed E-state index contributed by atoms with van der Waals surface area (Å²) in [5.41, 5.74) is 10.7. The highest BCUT2D eigenvalue weighted by atomic mass is 31.0. The van der Waals surface area contributed by atoms with Crippen LogP contribution in [0.15, 0.2) is 121 Å². The van der Waals surface area contributed by atoms with Crippen LogP contribution in [0.4, 0.5) is 0 Å². The third-order valence-electron chi connectivity index (χ3n) is 6.68. The molecule has 1 atom stereocenters. The van der Waals surface area contributed by atoms with Gasteiger partial charge < -0.3 is 0 Å². The number of hydrogen-bond donors (Lipinski definition) is 0. The van der Waals surface area contributed by atoms with Crippen LogP contribution in [0, 0.1) is 30.6 Å². The number of hydrogen-bond acceptors (Lipinski definition) is 0. The fourth-order valence-corrected chi connectivity index (χ4v) is 5.33. The summed E-state index contributed by atoms with van der Waals surface area (Å²) >= 11 is 0. The Balaban J connectivity index is 1.73. The Morgan fingerprint density at radius 2 is 0.868 bits per heavy atom. The van der Waals surface area contributed by atoms with Gasteiger partial charge in [0.05, 0.1) is 0 Å². The van der Waals surface area contributed by atoms with Crippen molar-refractivity contribution < 1.29 is 0 Å². The lowest BCUT2D eigenvalue weighted by molar-refractivity contribution is 1.19. The molecule has 5 aromatic rings. The van der Waals surface area contributed by atoms with E-state index in [0.29, 0.717) is 12.8 Å². The van der Waals surface area contributed by atoms with Crippen molar-refractivity contribution >= 4 is 14.5 Å². The first kappa shape index (κ1) is 25.3. The summed E-state index contributed by atoms with van der Waals surface area (Å²) in [6.45, 7) is 2.23. The van der Waals surface area contributed by atoms with Gasteiger partial charge in [-0.1, -0.05) is 121 Å². The van der Waals surface area contributed by atoms with Gasteiger partial charge in [-0.3, -0.25) is 0 Å². The number of benzene rings is 5. The summed E-state index contributed by atoms with van der Waals surface area (Å²) in [6.07, 6.45) is 1.29. The lowest BCUT2D eigenvalue weighted by Crippen LogP contribution is -2.13. The lowest BCUT2D eigenvalue weighted by Gasteiger charge is -2.23. The molecule has 0 saturated carbocycles. The molecule has 1 unspecified atom stereocenters. The van der Waals surface area contributed by atoms with Crippen molar-refractivity contribution in [3.63, 3.8) is 0 Å². The maximum Gasteiger partial charge on any atom is 0.0353 e. The van der Waals surface area contributed by atoms with Crippen molar-refractivity contribution in [2.75, 3.05) is 0 Å². The molecule has 0 radical (unpaired) electrons. The Morgan fingerprint density at radius 1 is 0.500 bits per heavy atom. The molecule has 0 heterocycles. The molecule has 0 spiro atoms. The fraction of sp³-hybridized carbons (Fsp3) is 0.0811. The van der Waals surface area contributed by atoms with E-state index in [1.54, 1.807) is 0 Å². The Kier molecular flexibility index (Phi) is 8.16. The second-order valence-corrected chi connectivity index (χ2v) is 9.74. The summed E-state index contributed by atoms with van der Waals surface area (Å²) in [5, 5.41) is 1.21. The predicted octanol–water partition coefficient (Wildman–Crippen LogP) is 8.02. The van der Waals surface area contributed by atoms with Gasteiger partial charge in [0.25, 0.3) is 0 Å². The van der Waals surface area contributed by atoms with Gasteiger partial charge in [-0.25, -0.2) is 0 Å². The molecule has 0 amide bonds. The summed E-state index contributed by atoms with van der Waals surface area (Å²) in [5.74, 6) is 13.8. The molecule has 0 nitrogen and oxygen atoms in total. The summed E-state index contributed by atoms with van der Waals surface area (Å²) in [7, 11) is 3.03. The maximum absolute atomic E-state index is 3.50. The average Bonchev–Trinajstić information content (AvgIpc) is 2.97. The molecule has 0 saturated heterocycles.